The molecule has 0 aromatic heterocycles. The minimum absolute atomic E-state index is 0.289. The van der Waals surface area contributed by atoms with E-state index < -0.39 is 10.2 Å². The van der Waals surface area contributed by atoms with Gasteiger partial charge < -0.3 is 5.32 Å². The Hall–Kier alpha value is -0.170. The molecule has 0 aromatic carbocycles. The second-order valence-corrected chi connectivity index (χ2v) is 8.01. The van der Waals surface area contributed by atoms with Gasteiger partial charge in [-0.2, -0.15) is 17.0 Å². The molecule has 1 saturated carbocycles. The van der Waals surface area contributed by atoms with Crippen LogP contribution in [0.5, 0.6) is 0 Å². The Bertz CT molecular complexity index is 402. The molecule has 0 bridgehead atoms. The van der Waals surface area contributed by atoms with Crippen molar-refractivity contribution >= 4 is 10.2 Å². The van der Waals surface area contributed by atoms with Crippen molar-refractivity contribution in [2.45, 2.75) is 44.6 Å². The molecule has 2 saturated heterocycles. The molecule has 3 aliphatic rings. The van der Waals surface area contributed by atoms with Crippen molar-refractivity contribution in [3.05, 3.63) is 0 Å². The lowest BCUT2D eigenvalue weighted by atomic mass is 9.93. The van der Waals surface area contributed by atoms with Crippen molar-refractivity contribution in [3.63, 3.8) is 0 Å². The maximum absolute atomic E-state index is 12.7. The molecule has 2 heterocycles. The standard InChI is InChI=1S/C13H25N3O2S/c17-19(18)15(11-12-4-2-7-14-10-12)8-3-9-16(19)13-5-1-6-13/h12-14H,1-11H2. The first kappa shape index (κ1) is 13.8. The topological polar surface area (TPSA) is 52.7 Å². The van der Waals surface area contributed by atoms with Crippen LogP contribution in [0.2, 0.25) is 0 Å². The van der Waals surface area contributed by atoms with Gasteiger partial charge in [0.05, 0.1) is 0 Å². The molecule has 0 spiro atoms. The fraction of sp³-hybridized carbons (Fsp3) is 1.00. The maximum atomic E-state index is 12.7. The molecule has 3 fully saturated rings. The monoisotopic (exact) mass is 287 g/mol. The molecule has 1 aliphatic carbocycles. The van der Waals surface area contributed by atoms with Gasteiger partial charge in [-0.25, -0.2) is 0 Å². The molecule has 1 unspecified atom stereocenters. The lowest BCUT2D eigenvalue weighted by Crippen LogP contribution is -2.56. The van der Waals surface area contributed by atoms with E-state index in [2.05, 4.69) is 5.32 Å². The third-order valence-electron chi connectivity index (χ3n) is 4.75. The summed E-state index contributed by atoms with van der Waals surface area (Å²) in [5.74, 6) is 0.491. The lowest BCUT2D eigenvalue weighted by molar-refractivity contribution is 0.169. The molecule has 1 N–H and O–H groups in total. The highest BCUT2D eigenvalue weighted by molar-refractivity contribution is 7.86. The largest absolute Gasteiger partial charge is 0.316 e. The number of nitrogens with zero attached hydrogens (tertiary/aromatic N) is 2. The zero-order chi connectivity index (χ0) is 13.3. The zero-order valence-corrected chi connectivity index (χ0v) is 12.4. The highest BCUT2D eigenvalue weighted by Gasteiger charge is 2.40. The Labute approximate surface area is 116 Å². The third kappa shape index (κ3) is 2.82. The van der Waals surface area contributed by atoms with Crippen LogP contribution in [0.1, 0.15) is 38.5 Å². The summed E-state index contributed by atoms with van der Waals surface area (Å²) >= 11 is 0. The normalized spacial score (nSPS) is 34.0. The number of nitrogens with one attached hydrogen (secondary N) is 1. The molecule has 5 nitrogen and oxygen atoms in total. The lowest BCUT2D eigenvalue weighted by Gasteiger charge is -2.43. The molecule has 0 amide bonds. The minimum Gasteiger partial charge on any atom is -0.316 e. The van der Waals surface area contributed by atoms with Crippen molar-refractivity contribution in [2.24, 2.45) is 5.92 Å². The Morgan fingerprint density at radius 1 is 1.05 bits per heavy atom. The van der Waals surface area contributed by atoms with Gasteiger partial charge in [0.2, 0.25) is 0 Å². The number of piperidine rings is 1. The van der Waals surface area contributed by atoms with Gasteiger partial charge in [0, 0.05) is 25.7 Å². The second kappa shape index (κ2) is 5.68. The van der Waals surface area contributed by atoms with Gasteiger partial charge in [0.1, 0.15) is 0 Å². The highest BCUT2D eigenvalue weighted by Crippen LogP contribution is 2.31. The predicted octanol–water partition coefficient (Wildman–Crippen LogP) is 0.791. The molecule has 1 atom stereocenters. The molecule has 0 aromatic rings. The summed E-state index contributed by atoms with van der Waals surface area (Å²) in [4.78, 5) is 0. The van der Waals surface area contributed by atoms with E-state index in [1.807, 2.05) is 0 Å². The van der Waals surface area contributed by atoms with Crippen LogP contribution in [0.25, 0.3) is 0 Å². The highest BCUT2D eigenvalue weighted by atomic mass is 32.2. The number of hydrogen-bond acceptors (Lipinski definition) is 3. The Morgan fingerprint density at radius 3 is 2.53 bits per heavy atom. The van der Waals surface area contributed by atoms with E-state index in [4.69, 9.17) is 0 Å². The van der Waals surface area contributed by atoms with Gasteiger partial charge in [-0.1, -0.05) is 6.42 Å². The van der Waals surface area contributed by atoms with Gasteiger partial charge in [-0.15, -0.1) is 0 Å². The zero-order valence-electron chi connectivity index (χ0n) is 11.6. The van der Waals surface area contributed by atoms with E-state index in [-0.39, 0.29) is 6.04 Å². The van der Waals surface area contributed by atoms with Crippen molar-refractivity contribution in [1.29, 1.82) is 0 Å². The fourth-order valence-electron chi connectivity index (χ4n) is 3.38. The molecule has 2 aliphatic heterocycles. The van der Waals surface area contributed by atoms with Crippen LogP contribution in [-0.4, -0.2) is 55.8 Å². The van der Waals surface area contributed by atoms with Crippen molar-refractivity contribution < 1.29 is 8.42 Å². The predicted molar refractivity (Wildman–Crippen MR) is 75.0 cm³/mol. The van der Waals surface area contributed by atoms with Crippen molar-refractivity contribution in [1.82, 2.24) is 13.9 Å². The summed E-state index contributed by atoms with van der Waals surface area (Å²) in [5.41, 5.74) is 0. The van der Waals surface area contributed by atoms with Crippen LogP contribution in [0.4, 0.5) is 0 Å². The van der Waals surface area contributed by atoms with Gasteiger partial charge >= 0.3 is 0 Å². The van der Waals surface area contributed by atoms with Crippen molar-refractivity contribution in [2.75, 3.05) is 32.7 Å². The first-order chi connectivity index (χ1) is 9.18. The Morgan fingerprint density at radius 2 is 1.89 bits per heavy atom. The van der Waals surface area contributed by atoms with Crippen LogP contribution >= 0.6 is 0 Å². The molecular formula is C13H25N3O2S. The van der Waals surface area contributed by atoms with Gasteiger partial charge in [0.15, 0.2) is 0 Å². The molecule has 19 heavy (non-hydrogen) atoms. The van der Waals surface area contributed by atoms with Crippen molar-refractivity contribution in [3.8, 4) is 0 Å². The summed E-state index contributed by atoms with van der Waals surface area (Å²) in [6.07, 6.45) is 6.60. The first-order valence-corrected chi connectivity index (χ1v) is 9.05. The van der Waals surface area contributed by atoms with E-state index in [0.717, 1.165) is 45.3 Å². The van der Waals surface area contributed by atoms with E-state index in [1.165, 1.54) is 12.8 Å². The van der Waals surface area contributed by atoms with Crippen LogP contribution in [0, 0.1) is 5.92 Å². The van der Waals surface area contributed by atoms with E-state index in [1.54, 1.807) is 8.61 Å². The summed E-state index contributed by atoms with van der Waals surface area (Å²) in [7, 11) is -3.18. The van der Waals surface area contributed by atoms with Gasteiger partial charge in [-0.3, -0.25) is 0 Å². The summed E-state index contributed by atoms with van der Waals surface area (Å²) in [6.45, 7) is 4.19. The van der Waals surface area contributed by atoms with Crippen LogP contribution < -0.4 is 5.32 Å². The van der Waals surface area contributed by atoms with Crippen LogP contribution in [-0.2, 0) is 10.2 Å². The molecular weight excluding hydrogens is 262 g/mol. The summed E-state index contributed by atoms with van der Waals surface area (Å²) in [5, 5.41) is 3.37. The van der Waals surface area contributed by atoms with E-state index >= 15 is 0 Å². The summed E-state index contributed by atoms with van der Waals surface area (Å²) < 4.78 is 28.8. The quantitative estimate of drug-likeness (QED) is 0.835. The fourth-order valence-corrected chi connectivity index (χ4v) is 5.38. The van der Waals surface area contributed by atoms with Gasteiger partial charge in [0.25, 0.3) is 10.2 Å². The molecule has 110 valence electrons. The number of hydrogen-bond donors (Lipinski definition) is 1. The minimum atomic E-state index is -3.18. The molecule has 3 rings (SSSR count). The smallest absolute Gasteiger partial charge is 0.282 e. The SMILES string of the molecule is O=S1(=O)N(CC2CCCNC2)CCCN1C1CCC1. The Balaban J connectivity index is 1.66. The second-order valence-electron chi connectivity index (χ2n) is 6.13. The van der Waals surface area contributed by atoms with E-state index in [9.17, 15) is 8.42 Å². The third-order valence-corrected chi connectivity index (χ3v) is 6.81. The Kier molecular flexibility index (Phi) is 4.12. The van der Waals surface area contributed by atoms with Crippen LogP contribution in [0.15, 0.2) is 0 Å². The molecule has 0 radical (unpaired) electrons. The first-order valence-electron chi connectivity index (χ1n) is 7.65. The average Bonchev–Trinajstić information content (AvgIpc) is 2.34. The van der Waals surface area contributed by atoms with Gasteiger partial charge in [-0.05, 0) is 51.1 Å². The average molecular weight is 287 g/mol. The molecule has 6 heteroatoms. The van der Waals surface area contributed by atoms with E-state index in [0.29, 0.717) is 19.0 Å². The maximum Gasteiger partial charge on any atom is 0.282 e. The van der Waals surface area contributed by atoms with Crippen LogP contribution in [0.3, 0.4) is 0 Å². The number of rotatable bonds is 3. The summed E-state index contributed by atoms with van der Waals surface area (Å²) in [6, 6.07) is 0.289.